The third-order valence-corrected chi connectivity index (χ3v) is 1.86. The minimum atomic E-state index is -1.03. The molecule has 0 spiro atoms. The Kier molecular flexibility index (Phi) is 5.28. The Morgan fingerprint density at radius 1 is 1.40 bits per heavy atom. The molecule has 0 fully saturated rings. The fourth-order valence-corrected chi connectivity index (χ4v) is 1.05. The zero-order chi connectivity index (χ0) is 12.1. The van der Waals surface area contributed by atoms with Crippen molar-refractivity contribution in [3.63, 3.8) is 0 Å². The molecule has 5 nitrogen and oxygen atoms in total. The highest BCUT2D eigenvalue weighted by molar-refractivity contribution is 5.84. The molecular weight excluding hydrogens is 198 g/mol. The fourth-order valence-electron chi connectivity index (χ4n) is 1.05. The van der Waals surface area contributed by atoms with Crippen molar-refractivity contribution in [3.05, 3.63) is 0 Å². The first-order valence-electron chi connectivity index (χ1n) is 4.89. The lowest BCUT2D eigenvalue weighted by Gasteiger charge is -2.27. The van der Waals surface area contributed by atoms with E-state index >= 15 is 0 Å². The Morgan fingerprint density at radius 3 is 2.27 bits per heavy atom. The molecule has 0 aliphatic heterocycles. The summed E-state index contributed by atoms with van der Waals surface area (Å²) < 4.78 is 4.88. The maximum Gasteiger partial charge on any atom is 0.326 e. The molecule has 0 aliphatic carbocycles. The maximum absolute atomic E-state index is 11.3. The Morgan fingerprint density at radius 2 is 1.93 bits per heavy atom. The number of amides is 1. The lowest BCUT2D eigenvalue weighted by molar-refractivity contribution is -0.145. The van der Waals surface area contributed by atoms with Crippen molar-refractivity contribution < 1.29 is 19.4 Å². The summed E-state index contributed by atoms with van der Waals surface area (Å²) in [4.78, 5) is 22.2. The highest BCUT2D eigenvalue weighted by Crippen LogP contribution is 2.19. The van der Waals surface area contributed by atoms with Gasteiger partial charge in [-0.15, -0.1) is 0 Å². The van der Waals surface area contributed by atoms with Crippen molar-refractivity contribution in [1.82, 2.24) is 5.32 Å². The number of carbonyl (C=O) groups is 2. The number of nitrogens with one attached hydrogen (secondary N) is 1. The van der Waals surface area contributed by atoms with E-state index in [0.717, 1.165) is 0 Å². The molecule has 0 aliphatic rings. The number of ether oxygens (including phenoxy) is 1. The lowest BCUT2D eigenvalue weighted by atomic mass is 9.87. The molecule has 0 saturated heterocycles. The number of hydrogen-bond donors (Lipinski definition) is 2. The van der Waals surface area contributed by atoms with E-state index in [1.54, 1.807) is 27.7 Å². The lowest BCUT2D eigenvalue weighted by Crippen LogP contribution is -2.50. The number of carboxylic acid groups (broad SMARTS) is 1. The number of rotatable bonds is 5. The average molecular weight is 217 g/mol. The Labute approximate surface area is 89.8 Å². The average Bonchev–Trinajstić information content (AvgIpc) is 2.08. The van der Waals surface area contributed by atoms with Crippen molar-refractivity contribution in [3.8, 4) is 0 Å². The van der Waals surface area contributed by atoms with Gasteiger partial charge in [-0.25, -0.2) is 4.79 Å². The zero-order valence-corrected chi connectivity index (χ0v) is 9.66. The van der Waals surface area contributed by atoms with Crippen LogP contribution < -0.4 is 5.32 Å². The van der Waals surface area contributed by atoms with Gasteiger partial charge in [0.05, 0.1) is 0 Å². The summed E-state index contributed by atoms with van der Waals surface area (Å²) in [6.45, 7) is 7.37. The van der Waals surface area contributed by atoms with Crippen LogP contribution >= 0.6 is 0 Å². The minimum Gasteiger partial charge on any atom is -0.480 e. The van der Waals surface area contributed by atoms with E-state index in [-0.39, 0.29) is 6.61 Å². The smallest absolute Gasteiger partial charge is 0.326 e. The van der Waals surface area contributed by atoms with Crippen LogP contribution in [0.25, 0.3) is 0 Å². The standard InChI is InChI=1S/C10H19NO4/c1-5-15-6-7(12)11-8(9(13)14)10(2,3)4/h8H,5-6H2,1-4H3,(H,11,12)(H,13,14). The molecule has 0 rings (SSSR count). The summed E-state index contributed by atoms with van der Waals surface area (Å²) in [5.41, 5.74) is -0.520. The second-order valence-electron chi connectivity index (χ2n) is 4.34. The molecule has 0 saturated carbocycles. The first kappa shape index (κ1) is 13.9. The number of hydrogen-bond acceptors (Lipinski definition) is 3. The zero-order valence-electron chi connectivity index (χ0n) is 9.66. The van der Waals surface area contributed by atoms with Gasteiger partial charge in [0, 0.05) is 6.61 Å². The SMILES string of the molecule is CCOCC(=O)NC(C(=O)O)C(C)(C)C. The topological polar surface area (TPSA) is 75.6 Å². The molecule has 0 heterocycles. The van der Waals surface area contributed by atoms with Gasteiger partial charge in [-0.2, -0.15) is 0 Å². The summed E-state index contributed by atoms with van der Waals surface area (Å²) in [6.07, 6.45) is 0. The van der Waals surface area contributed by atoms with Crippen LogP contribution in [0.2, 0.25) is 0 Å². The second kappa shape index (κ2) is 5.70. The molecule has 88 valence electrons. The number of carboxylic acids is 1. The highest BCUT2D eigenvalue weighted by atomic mass is 16.5. The van der Waals surface area contributed by atoms with Crippen molar-refractivity contribution in [2.45, 2.75) is 33.7 Å². The summed E-state index contributed by atoms with van der Waals surface area (Å²) >= 11 is 0. The molecule has 0 aromatic heterocycles. The molecule has 0 aromatic carbocycles. The summed E-state index contributed by atoms with van der Waals surface area (Å²) in [7, 11) is 0. The molecule has 15 heavy (non-hydrogen) atoms. The monoisotopic (exact) mass is 217 g/mol. The first-order chi connectivity index (χ1) is 6.79. The maximum atomic E-state index is 11.3. The summed E-state index contributed by atoms with van der Waals surface area (Å²) in [6, 6.07) is -0.898. The van der Waals surface area contributed by atoms with Crippen molar-refractivity contribution in [2.75, 3.05) is 13.2 Å². The minimum absolute atomic E-state index is 0.101. The number of aliphatic carboxylic acids is 1. The van der Waals surface area contributed by atoms with E-state index in [4.69, 9.17) is 9.84 Å². The van der Waals surface area contributed by atoms with Gasteiger partial charge in [0.15, 0.2) is 0 Å². The summed E-state index contributed by atoms with van der Waals surface area (Å²) in [5, 5.41) is 11.4. The van der Waals surface area contributed by atoms with E-state index in [1.165, 1.54) is 0 Å². The van der Waals surface area contributed by atoms with Gasteiger partial charge in [0.1, 0.15) is 12.6 Å². The van der Waals surface area contributed by atoms with Crippen LogP contribution in [0, 0.1) is 5.41 Å². The van der Waals surface area contributed by atoms with Gasteiger partial charge in [-0.05, 0) is 12.3 Å². The molecule has 1 amide bonds. The van der Waals surface area contributed by atoms with E-state index in [9.17, 15) is 9.59 Å². The van der Waals surface area contributed by atoms with Crippen LogP contribution in [0.5, 0.6) is 0 Å². The molecule has 1 unspecified atom stereocenters. The third kappa shape index (κ3) is 5.37. The van der Waals surface area contributed by atoms with Gasteiger partial charge in [-0.1, -0.05) is 20.8 Å². The normalized spacial score (nSPS) is 13.3. The predicted molar refractivity (Wildman–Crippen MR) is 55.5 cm³/mol. The molecular formula is C10H19NO4. The van der Waals surface area contributed by atoms with Gasteiger partial charge in [0.25, 0.3) is 0 Å². The van der Waals surface area contributed by atoms with E-state index in [1.807, 2.05) is 0 Å². The second-order valence-corrected chi connectivity index (χ2v) is 4.34. The Bertz CT molecular complexity index is 232. The van der Waals surface area contributed by atoms with Crippen LogP contribution in [0.4, 0.5) is 0 Å². The molecule has 2 N–H and O–H groups in total. The molecule has 0 aromatic rings. The van der Waals surface area contributed by atoms with Crippen LogP contribution in [0.1, 0.15) is 27.7 Å². The molecule has 0 radical (unpaired) electrons. The van der Waals surface area contributed by atoms with E-state index in [0.29, 0.717) is 6.61 Å². The highest BCUT2D eigenvalue weighted by Gasteiger charge is 2.32. The van der Waals surface area contributed by atoms with Crippen LogP contribution in [-0.4, -0.2) is 36.2 Å². The van der Waals surface area contributed by atoms with Crippen molar-refractivity contribution in [1.29, 1.82) is 0 Å². The van der Waals surface area contributed by atoms with Gasteiger partial charge < -0.3 is 15.2 Å². The molecule has 1 atom stereocenters. The van der Waals surface area contributed by atoms with Crippen LogP contribution in [0.3, 0.4) is 0 Å². The van der Waals surface area contributed by atoms with Crippen molar-refractivity contribution in [2.24, 2.45) is 5.41 Å². The Hall–Kier alpha value is -1.10. The van der Waals surface area contributed by atoms with Crippen molar-refractivity contribution >= 4 is 11.9 Å². The Balaban J connectivity index is 4.31. The largest absolute Gasteiger partial charge is 0.480 e. The fraction of sp³-hybridized carbons (Fsp3) is 0.800. The first-order valence-corrected chi connectivity index (χ1v) is 4.89. The number of carbonyl (C=O) groups excluding carboxylic acids is 1. The molecule has 0 bridgehead atoms. The van der Waals surface area contributed by atoms with E-state index < -0.39 is 23.3 Å². The molecule has 5 heteroatoms. The third-order valence-electron chi connectivity index (χ3n) is 1.86. The van der Waals surface area contributed by atoms with Gasteiger partial charge in [-0.3, -0.25) is 4.79 Å². The summed E-state index contributed by atoms with van der Waals surface area (Å²) in [5.74, 6) is -1.44. The van der Waals surface area contributed by atoms with E-state index in [2.05, 4.69) is 5.32 Å². The van der Waals surface area contributed by atoms with Crippen LogP contribution in [0.15, 0.2) is 0 Å². The predicted octanol–water partition coefficient (Wildman–Crippen LogP) is 0.638. The van der Waals surface area contributed by atoms with Gasteiger partial charge >= 0.3 is 5.97 Å². The van der Waals surface area contributed by atoms with Gasteiger partial charge in [0.2, 0.25) is 5.91 Å². The van der Waals surface area contributed by atoms with Crippen LogP contribution in [-0.2, 0) is 14.3 Å². The quantitative estimate of drug-likeness (QED) is 0.708.